The van der Waals surface area contributed by atoms with Gasteiger partial charge in [0.25, 0.3) is 5.91 Å². The third-order valence-corrected chi connectivity index (χ3v) is 3.62. The number of nitrogens with one attached hydrogen (secondary N) is 1. The first kappa shape index (κ1) is 15.8. The molecule has 3 rings (SSSR count). The summed E-state index contributed by atoms with van der Waals surface area (Å²) in [5, 5.41) is 7.19. The smallest absolute Gasteiger partial charge is 0.276 e. The molecule has 0 fully saturated rings. The summed E-state index contributed by atoms with van der Waals surface area (Å²) in [4.78, 5) is 12.5. The SMILES string of the molecule is CCOc1ccccc1NC(=O)c1cc(-c2ccccc2)n(C)n1. The molecule has 0 aliphatic rings. The van der Waals surface area contributed by atoms with Crippen LogP contribution < -0.4 is 10.1 Å². The molecule has 3 aromatic rings. The number of aryl methyl sites for hydroxylation is 1. The van der Waals surface area contributed by atoms with E-state index in [4.69, 9.17) is 4.74 Å². The predicted octanol–water partition coefficient (Wildman–Crippen LogP) is 3.74. The van der Waals surface area contributed by atoms with Crippen LogP contribution in [0.15, 0.2) is 60.7 Å². The molecule has 1 aromatic heterocycles. The van der Waals surface area contributed by atoms with E-state index in [1.807, 2.05) is 68.6 Å². The number of rotatable bonds is 5. The maximum atomic E-state index is 12.5. The molecule has 0 aliphatic heterocycles. The Balaban J connectivity index is 1.84. The van der Waals surface area contributed by atoms with E-state index in [-0.39, 0.29) is 5.91 Å². The zero-order chi connectivity index (χ0) is 16.9. The number of nitrogens with zero attached hydrogens (tertiary/aromatic N) is 2. The van der Waals surface area contributed by atoms with Crippen molar-refractivity contribution in [3.05, 3.63) is 66.4 Å². The number of carbonyl (C=O) groups excluding carboxylic acids is 1. The Kier molecular flexibility index (Phi) is 4.61. The van der Waals surface area contributed by atoms with Crippen molar-refractivity contribution in [3.63, 3.8) is 0 Å². The Bertz CT molecular complexity index is 841. The summed E-state index contributed by atoms with van der Waals surface area (Å²) in [6.07, 6.45) is 0. The molecule has 1 amide bonds. The van der Waals surface area contributed by atoms with Crippen molar-refractivity contribution in [2.24, 2.45) is 7.05 Å². The second-order valence-corrected chi connectivity index (χ2v) is 5.29. The van der Waals surface area contributed by atoms with Crippen molar-refractivity contribution < 1.29 is 9.53 Å². The molecule has 24 heavy (non-hydrogen) atoms. The number of amides is 1. The fourth-order valence-electron chi connectivity index (χ4n) is 2.49. The minimum atomic E-state index is -0.264. The molecule has 1 heterocycles. The van der Waals surface area contributed by atoms with Crippen molar-refractivity contribution in [1.82, 2.24) is 9.78 Å². The molecule has 122 valence electrons. The third kappa shape index (κ3) is 3.30. The van der Waals surface area contributed by atoms with Crippen LogP contribution in [0, 0.1) is 0 Å². The maximum absolute atomic E-state index is 12.5. The zero-order valence-electron chi connectivity index (χ0n) is 13.7. The van der Waals surface area contributed by atoms with Crippen LogP contribution >= 0.6 is 0 Å². The number of benzene rings is 2. The van der Waals surface area contributed by atoms with Crippen LogP contribution in [0.2, 0.25) is 0 Å². The second-order valence-electron chi connectivity index (χ2n) is 5.29. The molecule has 0 unspecified atom stereocenters. The van der Waals surface area contributed by atoms with E-state index < -0.39 is 0 Å². The second kappa shape index (κ2) is 7.00. The van der Waals surface area contributed by atoms with Gasteiger partial charge in [-0.15, -0.1) is 0 Å². The van der Waals surface area contributed by atoms with Gasteiger partial charge in [-0.25, -0.2) is 0 Å². The highest BCUT2D eigenvalue weighted by molar-refractivity contribution is 6.04. The molecule has 5 nitrogen and oxygen atoms in total. The summed E-state index contributed by atoms with van der Waals surface area (Å²) in [6, 6.07) is 19.0. The average Bonchev–Trinajstić information content (AvgIpc) is 3.00. The summed E-state index contributed by atoms with van der Waals surface area (Å²) in [5.74, 6) is 0.382. The lowest BCUT2D eigenvalue weighted by molar-refractivity contribution is 0.102. The highest BCUT2D eigenvalue weighted by Crippen LogP contribution is 2.25. The number of aromatic nitrogens is 2. The Morgan fingerprint density at radius 2 is 1.83 bits per heavy atom. The van der Waals surface area contributed by atoms with E-state index in [0.717, 1.165) is 11.3 Å². The molecule has 0 radical (unpaired) electrons. The van der Waals surface area contributed by atoms with E-state index in [1.54, 1.807) is 10.7 Å². The van der Waals surface area contributed by atoms with Gasteiger partial charge in [0.15, 0.2) is 5.69 Å². The van der Waals surface area contributed by atoms with Crippen molar-refractivity contribution >= 4 is 11.6 Å². The van der Waals surface area contributed by atoms with Crippen LogP contribution in [0.25, 0.3) is 11.3 Å². The molecule has 2 aromatic carbocycles. The third-order valence-electron chi connectivity index (χ3n) is 3.62. The normalized spacial score (nSPS) is 10.4. The summed E-state index contributed by atoms with van der Waals surface area (Å²) in [5.41, 5.74) is 2.90. The molecule has 0 saturated heterocycles. The van der Waals surface area contributed by atoms with Crippen LogP contribution in [0.5, 0.6) is 5.75 Å². The number of hydrogen-bond acceptors (Lipinski definition) is 3. The predicted molar refractivity (Wildman–Crippen MR) is 94.2 cm³/mol. The maximum Gasteiger partial charge on any atom is 0.276 e. The van der Waals surface area contributed by atoms with E-state index in [0.29, 0.717) is 23.7 Å². The van der Waals surface area contributed by atoms with Crippen LogP contribution in [-0.2, 0) is 7.05 Å². The number of hydrogen-bond donors (Lipinski definition) is 1. The lowest BCUT2D eigenvalue weighted by Gasteiger charge is -2.10. The van der Waals surface area contributed by atoms with Crippen LogP contribution in [0.3, 0.4) is 0 Å². The molecule has 1 N–H and O–H groups in total. The van der Waals surface area contributed by atoms with Crippen LogP contribution in [-0.4, -0.2) is 22.3 Å². The van der Waals surface area contributed by atoms with E-state index in [2.05, 4.69) is 10.4 Å². The van der Waals surface area contributed by atoms with E-state index in [1.165, 1.54) is 0 Å². The van der Waals surface area contributed by atoms with Gasteiger partial charge in [0.2, 0.25) is 0 Å². The first-order chi connectivity index (χ1) is 11.7. The van der Waals surface area contributed by atoms with Crippen molar-refractivity contribution in [2.75, 3.05) is 11.9 Å². The Morgan fingerprint density at radius 1 is 1.12 bits per heavy atom. The average molecular weight is 321 g/mol. The number of ether oxygens (including phenoxy) is 1. The van der Waals surface area contributed by atoms with Crippen LogP contribution in [0.1, 0.15) is 17.4 Å². The monoisotopic (exact) mass is 321 g/mol. The standard InChI is InChI=1S/C19H19N3O2/c1-3-24-18-12-8-7-11-15(18)20-19(23)16-13-17(22(2)21-16)14-9-5-4-6-10-14/h4-13H,3H2,1-2H3,(H,20,23). The number of anilines is 1. The number of carbonyl (C=O) groups is 1. The highest BCUT2D eigenvalue weighted by atomic mass is 16.5. The van der Waals surface area contributed by atoms with Gasteiger partial charge < -0.3 is 10.1 Å². The zero-order valence-corrected chi connectivity index (χ0v) is 13.7. The minimum Gasteiger partial charge on any atom is -0.492 e. The van der Waals surface area contributed by atoms with Gasteiger partial charge in [-0.1, -0.05) is 42.5 Å². The lowest BCUT2D eigenvalue weighted by Crippen LogP contribution is -2.14. The van der Waals surface area contributed by atoms with E-state index in [9.17, 15) is 4.79 Å². The molecule has 5 heteroatoms. The summed E-state index contributed by atoms with van der Waals surface area (Å²) in [7, 11) is 1.83. The van der Waals surface area contributed by atoms with Gasteiger partial charge in [0.1, 0.15) is 5.75 Å². The quantitative estimate of drug-likeness (QED) is 0.779. The van der Waals surface area contributed by atoms with Gasteiger partial charge in [-0.3, -0.25) is 9.48 Å². The van der Waals surface area contributed by atoms with Gasteiger partial charge >= 0.3 is 0 Å². The fraction of sp³-hybridized carbons (Fsp3) is 0.158. The van der Waals surface area contributed by atoms with Crippen molar-refractivity contribution in [1.29, 1.82) is 0 Å². The molecule has 0 atom stereocenters. The number of para-hydroxylation sites is 2. The molecule has 0 aliphatic carbocycles. The Labute approximate surface area is 140 Å². The van der Waals surface area contributed by atoms with Gasteiger partial charge in [0, 0.05) is 7.05 Å². The van der Waals surface area contributed by atoms with Gasteiger partial charge in [0.05, 0.1) is 18.0 Å². The molecule has 0 bridgehead atoms. The molecule has 0 saturated carbocycles. The molecule has 0 spiro atoms. The Morgan fingerprint density at radius 3 is 2.58 bits per heavy atom. The summed E-state index contributed by atoms with van der Waals surface area (Å²) < 4.78 is 7.24. The van der Waals surface area contributed by atoms with Gasteiger partial charge in [-0.2, -0.15) is 5.10 Å². The van der Waals surface area contributed by atoms with E-state index >= 15 is 0 Å². The molecular weight excluding hydrogens is 302 g/mol. The van der Waals surface area contributed by atoms with Crippen molar-refractivity contribution in [3.8, 4) is 17.0 Å². The first-order valence-electron chi connectivity index (χ1n) is 7.81. The summed E-state index contributed by atoms with van der Waals surface area (Å²) >= 11 is 0. The minimum absolute atomic E-state index is 0.264. The largest absolute Gasteiger partial charge is 0.492 e. The first-order valence-corrected chi connectivity index (χ1v) is 7.81. The molecular formula is C19H19N3O2. The highest BCUT2D eigenvalue weighted by Gasteiger charge is 2.15. The van der Waals surface area contributed by atoms with Crippen LogP contribution in [0.4, 0.5) is 5.69 Å². The lowest BCUT2D eigenvalue weighted by atomic mass is 10.1. The van der Waals surface area contributed by atoms with Gasteiger partial charge in [-0.05, 0) is 30.7 Å². The Hall–Kier alpha value is -3.08. The topological polar surface area (TPSA) is 56.1 Å². The van der Waals surface area contributed by atoms with Crippen molar-refractivity contribution in [2.45, 2.75) is 6.92 Å². The summed E-state index contributed by atoms with van der Waals surface area (Å²) in [6.45, 7) is 2.44. The fourth-order valence-corrected chi connectivity index (χ4v) is 2.49.